The van der Waals surface area contributed by atoms with Crippen molar-refractivity contribution in [1.82, 2.24) is 19.5 Å². The standard InChI is InChI=1S/C15H22N4O2/c1-8-9(2)15(21-12(8)6-20-5)19-7-16-13-10(3)17-11(4)18-14(13)19/h7-9,12,15H,6H2,1-5H3/t8-,9?,12-,15?/m1/s1. The zero-order chi connectivity index (χ0) is 15.1. The molecule has 6 heteroatoms. The molecule has 0 aliphatic carbocycles. The Morgan fingerprint density at radius 2 is 2.00 bits per heavy atom. The Balaban J connectivity index is 2.01. The molecule has 0 radical (unpaired) electrons. The third kappa shape index (κ3) is 2.32. The molecule has 1 fully saturated rings. The van der Waals surface area contributed by atoms with Crippen molar-refractivity contribution < 1.29 is 9.47 Å². The van der Waals surface area contributed by atoms with Gasteiger partial charge in [0.1, 0.15) is 17.6 Å². The third-order valence-electron chi connectivity index (χ3n) is 4.49. The lowest BCUT2D eigenvalue weighted by Gasteiger charge is -2.18. The van der Waals surface area contributed by atoms with Gasteiger partial charge in [0.05, 0.1) is 24.7 Å². The van der Waals surface area contributed by atoms with Crippen LogP contribution in [-0.4, -0.2) is 39.3 Å². The average molecular weight is 290 g/mol. The molecular formula is C15H22N4O2. The lowest BCUT2D eigenvalue weighted by Crippen LogP contribution is -2.21. The van der Waals surface area contributed by atoms with Crippen molar-refractivity contribution in [2.75, 3.05) is 13.7 Å². The van der Waals surface area contributed by atoms with Crippen molar-refractivity contribution >= 4 is 11.2 Å². The van der Waals surface area contributed by atoms with Gasteiger partial charge >= 0.3 is 0 Å². The van der Waals surface area contributed by atoms with Gasteiger partial charge in [-0.2, -0.15) is 0 Å². The number of aryl methyl sites for hydroxylation is 2. The monoisotopic (exact) mass is 290 g/mol. The summed E-state index contributed by atoms with van der Waals surface area (Å²) in [5, 5.41) is 0. The molecule has 0 aromatic carbocycles. The van der Waals surface area contributed by atoms with Gasteiger partial charge in [0.15, 0.2) is 5.65 Å². The first-order valence-electron chi connectivity index (χ1n) is 7.35. The van der Waals surface area contributed by atoms with Crippen LogP contribution < -0.4 is 0 Å². The van der Waals surface area contributed by atoms with Gasteiger partial charge in [-0.05, 0) is 19.8 Å². The normalized spacial score (nSPS) is 29.4. The summed E-state index contributed by atoms with van der Waals surface area (Å²) in [5.41, 5.74) is 2.60. The van der Waals surface area contributed by atoms with E-state index in [1.54, 1.807) is 7.11 Å². The Morgan fingerprint density at radius 3 is 2.71 bits per heavy atom. The summed E-state index contributed by atoms with van der Waals surface area (Å²) in [5.74, 6) is 1.56. The smallest absolute Gasteiger partial charge is 0.165 e. The van der Waals surface area contributed by atoms with E-state index < -0.39 is 0 Å². The molecule has 0 bridgehead atoms. The second kappa shape index (κ2) is 5.35. The van der Waals surface area contributed by atoms with Gasteiger partial charge in [-0.25, -0.2) is 15.0 Å². The molecule has 6 nitrogen and oxygen atoms in total. The van der Waals surface area contributed by atoms with Crippen molar-refractivity contribution in [1.29, 1.82) is 0 Å². The summed E-state index contributed by atoms with van der Waals surface area (Å²) < 4.78 is 13.5. The number of imidazole rings is 1. The minimum Gasteiger partial charge on any atom is -0.382 e. The largest absolute Gasteiger partial charge is 0.382 e. The molecule has 0 spiro atoms. The van der Waals surface area contributed by atoms with E-state index in [2.05, 4.69) is 28.8 Å². The fraction of sp³-hybridized carbons (Fsp3) is 0.667. The first-order chi connectivity index (χ1) is 10.0. The van der Waals surface area contributed by atoms with Crippen LogP contribution in [0.5, 0.6) is 0 Å². The van der Waals surface area contributed by atoms with Crippen LogP contribution in [0.2, 0.25) is 0 Å². The second-order valence-electron chi connectivity index (χ2n) is 5.92. The Hall–Kier alpha value is -1.53. The van der Waals surface area contributed by atoms with E-state index in [1.165, 1.54) is 0 Å². The SMILES string of the molecule is COC[C@H]1OC(n2cnc3c(C)nc(C)nc32)C(C)[C@H]1C. The molecule has 0 N–H and O–H groups in total. The molecule has 0 saturated carbocycles. The van der Waals surface area contributed by atoms with Crippen LogP contribution in [0.25, 0.3) is 11.2 Å². The highest BCUT2D eigenvalue weighted by molar-refractivity contribution is 5.73. The predicted octanol–water partition coefficient (Wildman–Crippen LogP) is 2.26. The number of rotatable bonds is 3. The maximum Gasteiger partial charge on any atom is 0.165 e. The van der Waals surface area contributed by atoms with Crippen molar-refractivity contribution in [3.05, 3.63) is 17.8 Å². The summed E-state index contributed by atoms with van der Waals surface area (Å²) in [6.45, 7) is 8.89. The summed E-state index contributed by atoms with van der Waals surface area (Å²) >= 11 is 0. The van der Waals surface area contributed by atoms with Crippen molar-refractivity contribution in [2.45, 2.75) is 40.0 Å². The van der Waals surface area contributed by atoms with Crippen LogP contribution >= 0.6 is 0 Å². The van der Waals surface area contributed by atoms with E-state index >= 15 is 0 Å². The van der Waals surface area contributed by atoms with Crippen molar-refractivity contribution in [3.63, 3.8) is 0 Å². The summed E-state index contributed by atoms with van der Waals surface area (Å²) in [6, 6.07) is 0. The molecule has 1 saturated heterocycles. The Labute approximate surface area is 124 Å². The Bertz CT molecular complexity index is 654. The molecule has 1 aliphatic heterocycles. The number of hydrogen-bond acceptors (Lipinski definition) is 5. The van der Waals surface area contributed by atoms with Gasteiger partial charge in [0.2, 0.25) is 0 Å². The van der Waals surface area contributed by atoms with Gasteiger partial charge in [-0.3, -0.25) is 4.57 Å². The average Bonchev–Trinajstić information content (AvgIpc) is 2.96. The molecular weight excluding hydrogens is 268 g/mol. The first kappa shape index (κ1) is 14.4. The lowest BCUT2D eigenvalue weighted by molar-refractivity contribution is -0.0421. The Kier molecular flexibility index (Phi) is 3.67. The quantitative estimate of drug-likeness (QED) is 0.867. The van der Waals surface area contributed by atoms with E-state index in [-0.39, 0.29) is 12.3 Å². The number of aromatic nitrogens is 4. The number of fused-ring (bicyclic) bond motifs is 1. The van der Waals surface area contributed by atoms with Gasteiger partial charge in [-0.15, -0.1) is 0 Å². The molecule has 3 rings (SSSR count). The maximum atomic E-state index is 6.20. The lowest BCUT2D eigenvalue weighted by atomic mass is 9.93. The summed E-state index contributed by atoms with van der Waals surface area (Å²) in [4.78, 5) is 13.4. The molecule has 2 unspecified atom stereocenters. The van der Waals surface area contributed by atoms with E-state index in [0.29, 0.717) is 18.4 Å². The molecule has 4 atom stereocenters. The molecule has 3 heterocycles. The minimum absolute atomic E-state index is 0.0566. The Morgan fingerprint density at radius 1 is 1.24 bits per heavy atom. The van der Waals surface area contributed by atoms with Gasteiger partial charge in [0, 0.05) is 13.0 Å². The number of nitrogens with zero attached hydrogens (tertiary/aromatic N) is 4. The van der Waals surface area contributed by atoms with Crippen molar-refractivity contribution in [3.8, 4) is 0 Å². The third-order valence-corrected chi connectivity index (χ3v) is 4.49. The first-order valence-corrected chi connectivity index (χ1v) is 7.35. The minimum atomic E-state index is -0.0566. The number of methoxy groups -OCH3 is 1. The van der Waals surface area contributed by atoms with Crippen molar-refractivity contribution in [2.24, 2.45) is 11.8 Å². The summed E-state index contributed by atoms with van der Waals surface area (Å²) in [7, 11) is 1.71. The van der Waals surface area contributed by atoms with Crippen LogP contribution in [0.15, 0.2) is 6.33 Å². The topological polar surface area (TPSA) is 62.1 Å². The highest BCUT2D eigenvalue weighted by Gasteiger charge is 2.40. The highest BCUT2D eigenvalue weighted by Crippen LogP contribution is 2.39. The summed E-state index contributed by atoms with van der Waals surface area (Å²) in [6.07, 6.45) is 1.87. The molecule has 114 valence electrons. The fourth-order valence-corrected chi connectivity index (χ4v) is 3.08. The number of hydrogen-bond donors (Lipinski definition) is 0. The van der Waals surface area contributed by atoms with Crippen LogP contribution in [0.4, 0.5) is 0 Å². The molecule has 2 aromatic rings. The molecule has 1 aliphatic rings. The maximum absolute atomic E-state index is 6.20. The van der Waals surface area contributed by atoms with Crippen LogP contribution in [0.3, 0.4) is 0 Å². The molecule has 2 aromatic heterocycles. The zero-order valence-corrected chi connectivity index (χ0v) is 13.2. The molecule has 0 amide bonds. The molecule has 21 heavy (non-hydrogen) atoms. The van der Waals surface area contributed by atoms with Gasteiger partial charge in [-0.1, -0.05) is 13.8 Å². The second-order valence-corrected chi connectivity index (χ2v) is 5.92. The predicted molar refractivity (Wildman–Crippen MR) is 78.9 cm³/mol. The van der Waals surface area contributed by atoms with E-state index in [1.807, 2.05) is 24.7 Å². The van der Waals surface area contributed by atoms with Crippen LogP contribution in [-0.2, 0) is 9.47 Å². The van der Waals surface area contributed by atoms with Crippen LogP contribution in [0.1, 0.15) is 31.6 Å². The van der Waals surface area contributed by atoms with E-state index in [9.17, 15) is 0 Å². The van der Waals surface area contributed by atoms with Gasteiger partial charge < -0.3 is 9.47 Å². The highest BCUT2D eigenvalue weighted by atomic mass is 16.5. The number of ether oxygens (including phenoxy) is 2. The van der Waals surface area contributed by atoms with Gasteiger partial charge in [0.25, 0.3) is 0 Å². The zero-order valence-electron chi connectivity index (χ0n) is 13.2. The van der Waals surface area contributed by atoms with E-state index in [0.717, 1.165) is 22.7 Å². The fourth-order valence-electron chi connectivity index (χ4n) is 3.08. The van der Waals surface area contributed by atoms with Crippen LogP contribution in [0, 0.1) is 25.7 Å². The van der Waals surface area contributed by atoms with E-state index in [4.69, 9.17) is 9.47 Å².